The number of hydrogen-bond donors (Lipinski definition) is 1. The molecule has 1 aliphatic rings. The average Bonchev–Trinajstić information content (AvgIpc) is 2.91. The summed E-state index contributed by atoms with van der Waals surface area (Å²) in [5.74, 6) is -0.872. The molecule has 0 aromatic carbocycles. The van der Waals surface area contributed by atoms with Crippen molar-refractivity contribution in [2.75, 3.05) is 6.61 Å². The summed E-state index contributed by atoms with van der Waals surface area (Å²) in [6, 6.07) is 0. The predicted octanol–water partition coefficient (Wildman–Crippen LogP) is 3.43. The molecule has 0 amide bonds. The SMILES string of the molecule is CC(C)(C)[Si](C)(C)OCC1(C=CC(=O)O)CC1. The molecule has 0 radical (unpaired) electrons. The van der Waals surface area contributed by atoms with Crippen LogP contribution in [0.15, 0.2) is 12.2 Å². The number of rotatable bonds is 5. The Morgan fingerprint density at radius 2 is 1.94 bits per heavy atom. The Kier molecular flexibility index (Phi) is 3.89. The molecule has 0 aromatic heterocycles. The number of carboxylic acids is 1. The van der Waals surface area contributed by atoms with Crippen molar-refractivity contribution < 1.29 is 14.3 Å². The van der Waals surface area contributed by atoms with Crippen molar-refractivity contribution in [3.05, 3.63) is 12.2 Å². The molecule has 0 aromatic rings. The van der Waals surface area contributed by atoms with E-state index in [9.17, 15) is 4.79 Å². The molecular formula is C13H24O3Si. The third-order valence-electron chi connectivity index (χ3n) is 4.00. The van der Waals surface area contributed by atoms with E-state index in [4.69, 9.17) is 9.53 Å². The van der Waals surface area contributed by atoms with E-state index in [1.807, 2.05) is 6.08 Å². The molecule has 0 atom stereocenters. The second-order valence-corrected chi connectivity index (χ2v) is 11.4. The maximum absolute atomic E-state index is 10.5. The molecular weight excluding hydrogens is 232 g/mol. The maximum Gasteiger partial charge on any atom is 0.327 e. The van der Waals surface area contributed by atoms with Crippen molar-refractivity contribution in [2.45, 2.75) is 51.7 Å². The minimum absolute atomic E-state index is 0.00785. The summed E-state index contributed by atoms with van der Waals surface area (Å²) in [6.45, 7) is 11.8. The monoisotopic (exact) mass is 256 g/mol. The van der Waals surface area contributed by atoms with E-state index in [0.29, 0.717) is 6.61 Å². The molecule has 1 rings (SSSR count). The second-order valence-electron chi connectivity index (χ2n) is 6.58. The zero-order valence-corrected chi connectivity index (χ0v) is 12.5. The van der Waals surface area contributed by atoms with Gasteiger partial charge in [-0.1, -0.05) is 26.8 Å². The number of carbonyl (C=O) groups is 1. The second kappa shape index (κ2) is 4.57. The van der Waals surface area contributed by atoms with Crippen LogP contribution in [0.1, 0.15) is 33.6 Å². The Labute approximate surface area is 105 Å². The van der Waals surface area contributed by atoms with Gasteiger partial charge < -0.3 is 9.53 Å². The first-order valence-corrected chi connectivity index (χ1v) is 9.05. The average molecular weight is 256 g/mol. The lowest BCUT2D eigenvalue weighted by Crippen LogP contribution is -2.42. The summed E-state index contributed by atoms with van der Waals surface area (Å²) >= 11 is 0. The van der Waals surface area contributed by atoms with Crippen molar-refractivity contribution in [2.24, 2.45) is 5.41 Å². The van der Waals surface area contributed by atoms with Crippen LogP contribution in [0.25, 0.3) is 0 Å². The van der Waals surface area contributed by atoms with E-state index in [1.165, 1.54) is 6.08 Å². The number of hydrogen-bond acceptors (Lipinski definition) is 2. The lowest BCUT2D eigenvalue weighted by molar-refractivity contribution is -0.131. The quantitative estimate of drug-likeness (QED) is 0.605. The van der Waals surface area contributed by atoms with Crippen LogP contribution in [-0.4, -0.2) is 26.0 Å². The molecule has 0 spiro atoms. The minimum Gasteiger partial charge on any atom is -0.478 e. The number of carboxylic acid groups (broad SMARTS) is 1. The third-order valence-corrected chi connectivity index (χ3v) is 8.48. The molecule has 1 aliphatic carbocycles. The van der Waals surface area contributed by atoms with Crippen LogP contribution < -0.4 is 0 Å². The van der Waals surface area contributed by atoms with Gasteiger partial charge in [-0.15, -0.1) is 0 Å². The van der Waals surface area contributed by atoms with Crippen molar-refractivity contribution in [1.82, 2.24) is 0 Å². The zero-order valence-electron chi connectivity index (χ0n) is 11.5. The Morgan fingerprint density at radius 3 is 2.29 bits per heavy atom. The van der Waals surface area contributed by atoms with Gasteiger partial charge in [-0.25, -0.2) is 4.79 Å². The van der Waals surface area contributed by atoms with Crippen LogP contribution in [0.5, 0.6) is 0 Å². The minimum atomic E-state index is -1.71. The van der Waals surface area contributed by atoms with Crippen LogP contribution >= 0.6 is 0 Å². The Bertz CT molecular complexity index is 322. The topological polar surface area (TPSA) is 46.5 Å². The van der Waals surface area contributed by atoms with E-state index in [0.717, 1.165) is 12.8 Å². The molecule has 1 fully saturated rings. The Balaban J connectivity index is 2.54. The molecule has 0 unspecified atom stereocenters. The van der Waals surface area contributed by atoms with E-state index >= 15 is 0 Å². The van der Waals surface area contributed by atoms with Crippen molar-refractivity contribution in [1.29, 1.82) is 0 Å². The molecule has 17 heavy (non-hydrogen) atoms. The van der Waals surface area contributed by atoms with Crippen molar-refractivity contribution in [3.63, 3.8) is 0 Å². The van der Waals surface area contributed by atoms with Gasteiger partial charge in [-0.3, -0.25) is 0 Å². The van der Waals surface area contributed by atoms with Gasteiger partial charge in [0, 0.05) is 18.1 Å². The molecule has 4 heteroatoms. The molecule has 0 saturated heterocycles. The van der Waals surface area contributed by atoms with Gasteiger partial charge >= 0.3 is 5.97 Å². The number of aliphatic carboxylic acids is 1. The van der Waals surface area contributed by atoms with Gasteiger partial charge in [0.1, 0.15) is 0 Å². The molecule has 0 aliphatic heterocycles. The maximum atomic E-state index is 10.5. The predicted molar refractivity (Wildman–Crippen MR) is 71.6 cm³/mol. The van der Waals surface area contributed by atoms with Gasteiger partial charge in [-0.2, -0.15) is 0 Å². The van der Waals surface area contributed by atoms with Gasteiger partial charge in [0.15, 0.2) is 8.32 Å². The zero-order chi connectivity index (χ0) is 13.3. The molecule has 0 bridgehead atoms. The van der Waals surface area contributed by atoms with Crippen molar-refractivity contribution >= 4 is 14.3 Å². The van der Waals surface area contributed by atoms with Gasteiger partial charge in [0.2, 0.25) is 0 Å². The van der Waals surface area contributed by atoms with Gasteiger partial charge in [-0.05, 0) is 31.0 Å². The lowest BCUT2D eigenvalue weighted by Gasteiger charge is -2.37. The fourth-order valence-corrected chi connectivity index (χ4v) is 2.39. The molecule has 98 valence electrons. The van der Waals surface area contributed by atoms with E-state index in [1.54, 1.807) is 0 Å². The van der Waals surface area contributed by atoms with Crippen LogP contribution in [0.2, 0.25) is 18.1 Å². The first-order chi connectivity index (χ1) is 7.58. The highest BCUT2D eigenvalue weighted by atomic mass is 28.4. The molecule has 1 saturated carbocycles. The highest BCUT2D eigenvalue weighted by Crippen LogP contribution is 2.49. The largest absolute Gasteiger partial charge is 0.478 e. The van der Waals surface area contributed by atoms with E-state index in [2.05, 4.69) is 33.9 Å². The first-order valence-electron chi connectivity index (χ1n) is 6.14. The first kappa shape index (κ1) is 14.4. The summed E-state index contributed by atoms with van der Waals surface area (Å²) in [5.41, 5.74) is 0.00785. The fraction of sp³-hybridized carbons (Fsp3) is 0.769. The molecule has 0 heterocycles. The highest BCUT2D eigenvalue weighted by Gasteiger charge is 2.44. The summed E-state index contributed by atoms with van der Waals surface area (Å²) in [5, 5.41) is 8.85. The van der Waals surface area contributed by atoms with E-state index in [-0.39, 0.29) is 10.5 Å². The standard InChI is InChI=1S/C13H24O3Si/c1-12(2,3)17(4,5)16-10-13(8-9-13)7-6-11(14)15/h6-7H,8-10H2,1-5H3,(H,14,15). The van der Waals surface area contributed by atoms with Gasteiger partial charge in [0.25, 0.3) is 0 Å². The fourth-order valence-electron chi connectivity index (χ4n) is 1.31. The normalized spacial score (nSPS) is 19.6. The highest BCUT2D eigenvalue weighted by molar-refractivity contribution is 6.74. The Hall–Kier alpha value is -0.613. The van der Waals surface area contributed by atoms with Gasteiger partial charge in [0.05, 0.1) is 0 Å². The smallest absolute Gasteiger partial charge is 0.327 e. The van der Waals surface area contributed by atoms with Crippen LogP contribution in [-0.2, 0) is 9.22 Å². The third kappa shape index (κ3) is 3.96. The van der Waals surface area contributed by atoms with Crippen LogP contribution in [0.3, 0.4) is 0 Å². The van der Waals surface area contributed by atoms with Crippen LogP contribution in [0, 0.1) is 5.41 Å². The molecule has 3 nitrogen and oxygen atoms in total. The Morgan fingerprint density at radius 1 is 1.41 bits per heavy atom. The summed E-state index contributed by atoms with van der Waals surface area (Å²) in [6.07, 6.45) is 5.15. The summed E-state index contributed by atoms with van der Waals surface area (Å²) < 4.78 is 6.15. The summed E-state index contributed by atoms with van der Waals surface area (Å²) in [4.78, 5) is 10.5. The van der Waals surface area contributed by atoms with E-state index < -0.39 is 14.3 Å². The lowest BCUT2D eigenvalue weighted by atomic mass is 10.1. The van der Waals surface area contributed by atoms with Crippen molar-refractivity contribution in [3.8, 4) is 0 Å². The summed E-state index contributed by atoms with van der Waals surface area (Å²) in [7, 11) is -1.71. The molecule has 1 N–H and O–H groups in total. The van der Waals surface area contributed by atoms with Crippen LogP contribution in [0.4, 0.5) is 0 Å².